The lowest BCUT2D eigenvalue weighted by atomic mass is 10.0. The van der Waals surface area contributed by atoms with Gasteiger partial charge in [0.25, 0.3) is 0 Å². The molecular formula is C11H15BrN2S. The summed E-state index contributed by atoms with van der Waals surface area (Å²) >= 11 is 5.14. The Labute approximate surface area is 103 Å². The van der Waals surface area contributed by atoms with Gasteiger partial charge >= 0.3 is 0 Å². The first-order valence-electron chi connectivity index (χ1n) is 5.29. The van der Waals surface area contributed by atoms with Crippen molar-refractivity contribution in [3.63, 3.8) is 0 Å². The third kappa shape index (κ3) is 3.13. The van der Waals surface area contributed by atoms with E-state index in [1.165, 1.54) is 19.3 Å². The quantitative estimate of drug-likeness (QED) is 0.858. The Morgan fingerprint density at radius 1 is 1.67 bits per heavy atom. The highest BCUT2D eigenvalue weighted by Crippen LogP contribution is 2.25. The van der Waals surface area contributed by atoms with Crippen molar-refractivity contribution in [3.05, 3.63) is 27.1 Å². The van der Waals surface area contributed by atoms with Crippen LogP contribution in [0.4, 0.5) is 0 Å². The molecule has 0 bridgehead atoms. The van der Waals surface area contributed by atoms with Crippen molar-refractivity contribution in [2.45, 2.75) is 38.3 Å². The number of thiazole rings is 1. The van der Waals surface area contributed by atoms with Crippen molar-refractivity contribution in [2.75, 3.05) is 0 Å². The highest BCUT2D eigenvalue weighted by Gasteiger charge is 2.14. The minimum atomic E-state index is 0.342. The molecule has 1 aromatic heterocycles. The maximum atomic E-state index is 4.37. The van der Waals surface area contributed by atoms with E-state index in [-0.39, 0.29) is 0 Å². The third-order valence-corrected chi connectivity index (χ3v) is 4.24. The molecule has 0 amide bonds. The number of rotatable bonds is 3. The summed E-state index contributed by atoms with van der Waals surface area (Å²) in [5, 5.41) is 4.74. The van der Waals surface area contributed by atoms with E-state index in [1.54, 1.807) is 11.3 Å². The van der Waals surface area contributed by atoms with Gasteiger partial charge in [0.05, 0.1) is 16.0 Å². The molecule has 2 atom stereocenters. The van der Waals surface area contributed by atoms with Crippen LogP contribution in [-0.2, 0) is 0 Å². The van der Waals surface area contributed by atoms with Gasteiger partial charge in [-0.1, -0.05) is 12.2 Å². The molecule has 2 nitrogen and oxygen atoms in total. The van der Waals surface area contributed by atoms with Crippen molar-refractivity contribution in [1.82, 2.24) is 10.3 Å². The lowest BCUT2D eigenvalue weighted by molar-refractivity contribution is 0.466. The van der Waals surface area contributed by atoms with Crippen LogP contribution in [-0.4, -0.2) is 11.0 Å². The highest BCUT2D eigenvalue weighted by atomic mass is 79.9. The second kappa shape index (κ2) is 5.23. The fourth-order valence-electron chi connectivity index (χ4n) is 1.81. The van der Waals surface area contributed by atoms with Gasteiger partial charge in [-0.3, -0.25) is 0 Å². The Morgan fingerprint density at radius 3 is 3.13 bits per heavy atom. The molecule has 2 unspecified atom stereocenters. The summed E-state index contributed by atoms with van der Waals surface area (Å²) in [4.78, 5) is 4.37. The smallest absolute Gasteiger partial charge is 0.110 e. The molecule has 0 spiro atoms. The fraction of sp³-hybridized carbons (Fsp3) is 0.545. The van der Waals surface area contributed by atoms with E-state index in [0.717, 1.165) is 8.79 Å². The summed E-state index contributed by atoms with van der Waals surface area (Å²) < 4.78 is 1.10. The topological polar surface area (TPSA) is 24.9 Å². The number of aromatic nitrogens is 1. The minimum absolute atomic E-state index is 0.342. The maximum Gasteiger partial charge on any atom is 0.110 e. The molecule has 0 radical (unpaired) electrons. The number of nitrogens with zero attached hydrogens (tertiary/aromatic N) is 1. The largest absolute Gasteiger partial charge is 0.302 e. The van der Waals surface area contributed by atoms with E-state index in [4.69, 9.17) is 0 Å². The van der Waals surface area contributed by atoms with Gasteiger partial charge in [-0.15, -0.1) is 11.3 Å². The lowest BCUT2D eigenvalue weighted by Gasteiger charge is -2.21. The fourth-order valence-corrected chi connectivity index (χ4v) is 3.07. The van der Waals surface area contributed by atoms with Gasteiger partial charge in [-0.05, 0) is 42.1 Å². The number of hydrogen-bond acceptors (Lipinski definition) is 3. The molecule has 82 valence electrons. The maximum absolute atomic E-state index is 4.37. The van der Waals surface area contributed by atoms with Crippen molar-refractivity contribution < 1.29 is 0 Å². The third-order valence-electron chi connectivity index (χ3n) is 2.58. The Hall–Kier alpha value is -0.190. The van der Waals surface area contributed by atoms with Gasteiger partial charge < -0.3 is 5.32 Å². The molecule has 1 heterocycles. The monoisotopic (exact) mass is 286 g/mol. The molecule has 1 aliphatic carbocycles. The first kappa shape index (κ1) is 11.3. The number of allylic oxidation sites excluding steroid dienone is 1. The van der Waals surface area contributed by atoms with Crippen LogP contribution in [0.15, 0.2) is 22.1 Å². The Kier molecular flexibility index (Phi) is 3.94. The molecule has 1 aliphatic rings. The molecule has 0 aromatic carbocycles. The lowest BCUT2D eigenvalue weighted by Crippen LogP contribution is -2.30. The summed E-state index contributed by atoms with van der Waals surface area (Å²) in [5.74, 6) is 0. The normalized spacial score (nSPS) is 22.9. The van der Waals surface area contributed by atoms with Crippen LogP contribution in [0, 0.1) is 0 Å². The minimum Gasteiger partial charge on any atom is -0.302 e. The molecule has 15 heavy (non-hydrogen) atoms. The summed E-state index contributed by atoms with van der Waals surface area (Å²) in [6.45, 7) is 2.17. The average molecular weight is 287 g/mol. The second-order valence-corrected chi connectivity index (χ2v) is 6.30. The Morgan fingerprint density at radius 2 is 2.53 bits per heavy atom. The zero-order valence-electron chi connectivity index (χ0n) is 8.74. The number of halogens is 1. The van der Waals surface area contributed by atoms with E-state index in [1.807, 2.05) is 6.20 Å². The second-order valence-electron chi connectivity index (χ2n) is 3.86. The Bertz CT molecular complexity index is 348. The number of hydrogen-bond donors (Lipinski definition) is 1. The van der Waals surface area contributed by atoms with Gasteiger partial charge in [-0.2, -0.15) is 0 Å². The molecule has 1 aromatic rings. The van der Waals surface area contributed by atoms with Gasteiger partial charge in [-0.25, -0.2) is 4.98 Å². The van der Waals surface area contributed by atoms with Gasteiger partial charge in [0.2, 0.25) is 0 Å². The van der Waals surface area contributed by atoms with Crippen LogP contribution < -0.4 is 5.32 Å². The van der Waals surface area contributed by atoms with E-state index in [2.05, 4.69) is 45.3 Å². The van der Waals surface area contributed by atoms with Crippen molar-refractivity contribution in [2.24, 2.45) is 0 Å². The SMILES string of the molecule is CC(NC1C=CCCC1)c1ncc(Br)s1. The standard InChI is InChI=1S/C11H15BrN2S/c1-8(11-13-7-10(12)15-11)14-9-5-3-2-4-6-9/h3,5,7-9,14H,2,4,6H2,1H3. The first-order valence-corrected chi connectivity index (χ1v) is 6.90. The zero-order valence-corrected chi connectivity index (χ0v) is 11.1. The van der Waals surface area contributed by atoms with Crippen molar-refractivity contribution in [1.29, 1.82) is 0 Å². The van der Waals surface area contributed by atoms with E-state index in [0.29, 0.717) is 12.1 Å². The summed E-state index contributed by atoms with van der Waals surface area (Å²) in [7, 11) is 0. The van der Waals surface area contributed by atoms with Crippen molar-refractivity contribution >= 4 is 27.3 Å². The predicted octanol–water partition coefficient (Wildman–Crippen LogP) is 3.66. The van der Waals surface area contributed by atoms with Crippen LogP contribution in [0.2, 0.25) is 0 Å². The van der Waals surface area contributed by atoms with Crippen LogP contribution >= 0.6 is 27.3 Å². The Balaban J connectivity index is 1.94. The highest BCUT2D eigenvalue weighted by molar-refractivity contribution is 9.11. The van der Waals surface area contributed by atoms with Gasteiger partial charge in [0.1, 0.15) is 5.01 Å². The molecule has 4 heteroatoms. The molecule has 0 saturated carbocycles. The van der Waals surface area contributed by atoms with Gasteiger partial charge in [0, 0.05) is 6.04 Å². The molecule has 0 saturated heterocycles. The van der Waals surface area contributed by atoms with Crippen LogP contribution in [0.5, 0.6) is 0 Å². The van der Waals surface area contributed by atoms with Crippen LogP contribution in [0.1, 0.15) is 37.2 Å². The molecule has 2 rings (SSSR count). The average Bonchev–Trinajstić information content (AvgIpc) is 2.66. The molecule has 0 aliphatic heterocycles. The van der Waals surface area contributed by atoms with Gasteiger partial charge in [0.15, 0.2) is 0 Å². The predicted molar refractivity (Wildman–Crippen MR) is 68.1 cm³/mol. The van der Waals surface area contributed by atoms with E-state index < -0.39 is 0 Å². The number of nitrogens with one attached hydrogen (secondary N) is 1. The van der Waals surface area contributed by atoms with Crippen LogP contribution in [0.3, 0.4) is 0 Å². The first-order chi connectivity index (χ1) is 7.25. The zero-order chi connectivity index (χ0) is 10.7. The molecule has 1 N–H and O–H groups in total. The summed E-state index contributed by atoms with van der Waals surface area (Å²) in [6, 6.07) is 0.866. The summed E-state index contributed by atoms with van der Waals surface area (Å²) in [6.07, 6.45) is 10.2. The van der Waals surface area contributed by atoms with E-state index >= 15 is 0 Å². The molecular weight excluding hydrogens is 272 g/mol. The van der Waals surface area contributed by atoms with Crippen LogP contribution in [0.25, 0.3) is 0 Å². The van der Waals surface area contributed by atoms with E-state index in [9.17, 15) is 0 Å². The van der Waals surface area contributed by atoms with Crippen molar-refractivity contribution in [3.8, 4) is 0 Å². The molecule has 0 fully saturated rings. The summed E-state index contributed by atoms with van der Waals surface area (Å²) in [5.41, 5.74) is 0.